The van der Waals surface area contributed by atoms with Crippen LogP contribution in [-0.2, 0) is 14.0 Å². The molecule has 114 valence electrons. The van der Waals surface area contributed by atoms with Crippen LogP contribution in [0, 0.1) is 0 Å². The van der Waals surface area contributed by atoms with E-state index in [1.54, 1.807) is 0 Å². The molecule has 5 heteroatoms. The third kappa shape index (κ3) is 2.87. The van der Waals surface area contributed by atoms with E-state index in [9.17, 15) is 0 Å². The van der Waals surface area contributed by atoms with Gasteiger partial charge in [0.1, 0.15) is 0 Å². The summed E-state index contributed by atoms with van der Waals surface area (Å²) in [5.74, 6) is 0. The molecule has 0 spiro atoms. The minimum atomic E-state index is -0.404. The van der Waals surface area contributed by atoms with Crippen molar-refractivity contribution in [1.82, 2.24) is 4.98 Å². The summed E-state index contributed by atoms with van der Waals surface area (Å²) in [6, 6.07) is 6.01. The number of hydrogen-bond donors (Lipinski definition) is 0. The molecular formula is C16H24BNO3. The van der Waals surface area contributed by atoms with Crippen molar-refractivity contribution in [2.75, 3.05) is 6.61 Å². The average Bonchev–Trinajstić information content (AvgIpc) is 2.69. The van der Waals surface area contributed by atoms with Gasteiger partial charge in [0.25, 0.3) is 0 Å². The highest BCUT2D eigenvalue weighted by molar-refractivity contribution is 6.61. The van der Waals surface area contributed by atoms with E-state index in [1.165, 1.54) is 6.42 Å². The van der Waals surface area contributed by atoms with Gasteiger partial charge in [-0.05, 0) is 59.1 Å². The van der Waals surface area contributed by atoms with Gasteiger partial charge in [-0.2, -0.15) is 0 Å². The Morgan fingerprint density at radius 1 is 1.10 bits per heavy atom. The maximum absolute atomic E-state index is 6.07. The van der Waals surface area contributed by atoms with Gasteiger partial charge in [-0.25, -0.2) is 0 Å². The molecule has 0 aromatic carbocycles. The minimum Gasteiger partial charge on any atom is -0.398 e. The van der Waals surface area contributed by atoms with Gasteiger partial charge in [0.15, 0.2) is 0 Å². The van der Waals surface area contributed by atoms with Crippen molar-refractivity contribution >= 4 is 12.7 Å². The highest BCUT2D eigenvalue weighted by Crippen LogP contribution is 2.36. The topological polar surface area (TPSA) is 40.6 Å². The van der Waals surface area contributed by atoms with E-state index in [2.05, 4.69) is 27.7 Å². The molecule has 0 amide bonds. The van der Waals surface area contributed by atoms with E-state index in [1.807, 2.05) is 18.2 Å². The standard InChI is InChI=1S/C16H24BNO3/c1-15(2)16(3,4)21-17(20-15)14-10-7-8-12(18-14)13-9-5-6-11-19-13/h7-8,10,13H,5-6,9,11H2,1-4H3. The maximum atomic E-state index is 6.07. The van der Waals surface area contributed by atoms with Crippen molar-refractivity contribution in [3.8, 4) is 0 Å². The molecule has 1 aromatic rings. The van der Waals surface area contributed by atoms with Gasteiger partial charge in [0.05, 0.1) is 28.6 Å². The van der Waals surface area contributed by atoms with Gasteiger partial charge in [-0.1, -0.05) is 6.07 Å². The summed E-state index contributed by atoms with van der Waals surface area (Å²) >= 11 is 0. The lowest BCUT2D eigenvalue weighted by Crippen LogP contribution is -2.41. The summed E-state index contributed by atoms with van der Waals surface area (Å²) in [4.78, 5) is 4.73. The Hall–Kier alpha value is -0.905. The molecule has 2 aliphatic rings. The molecule has 2 fully saturated rings. The molecule has 1 aromatic heterocycles. The van der Waals surface area contributed by atoms with Crippen molar-refractivity contribution in [2.45, 2.75) is 64.3 Å². The molecule has 2 saturated heterocycles. The second-order valence-corrected chi connectivity index (χ2v) is 6.93. The number of hydrogen-bond acceptors (Lipinski definition) is 4. The minimum absolute atomic E-state index is 0.112. The fraction of sp³-hybridized carbons (Fsp3) is 0.688. The quantitative estimate of drug-likeness (QED) is 0.785. The molecule has 3 heterocycles. The summed E-state index contributed by atoms with van der Waals surface area (Å²) < 4.78 is 18.0. The fourth-order valence-electron chi connectivity index (χ4n) is 2.72. The Balaban J connectivity index is 1.81. The molecule has 0 saturated carbocycles. The Morgan fingerprint density at radius 2 is 1.81 bits per heavy atom. The Bertz CT molecular complexity index is 496. The summed E-state index contributed by atoms with van der Waals surface area (Å²) in [5, 5.41) is 0. The van der Waals surface area contributed by atoms with Crippen molar-refractivity contribution in [2.24, 2.45) is 0 Å². The zero-order valence-electron chi connectivity index (χ0n) is 13.4. The van der Waals surface area contributed by atoms with Crippen molar-refractivity contribution in [3.63, 3.8) is 0 Å². The highest BCUT2D eigenvalue weighted by atomic mass is 16.7. The SMILES string of the molecule is CC1(C)OB(c2cccc(C3CCCCO3)n2)OC1(C)C. The summed E-state index contributed by atoms with van der Waals surface area (Å²) in [6.07, 6.45) is 3.50. The zero-order valence-corrected chi connectivity index (χ0v) is 13.4. The fourth-order valence-corrected chi connectivity index (χ4v) is 2.72. The average molecular weight is 289 g/mol. The molecule has 0 radical (unpaired) electrons. The van der Waals surface area contributed by atoms with Crippen LogP contribution < -0.4 is 5.59 Å². The molecule has 0 aliphatic carbocycles. The van der Waals surface area contributed by atoms with Crippen LogP contribution in [0.5, 0.6) is 0 Å². The molecule has 1 unspecified atom stereocenters. The molecule has 21 heavy (non-hydrogen) atoms. The molecule has 3 rings (SSSR count). The molecule has 0 N–H and O–H groups in total. The first-order valence-electron chi connectivity index (χ1n) is 7.83. The number of rotatable bonds is 2. The second-order valence-electron chi connectivity index (χ2n) is 6.93. The van der Waals surface area contributed by atoms with Gasteiger partial charge in [-0.3, -0.25) is 4.98 Å². The van der Waals surface area contributed by atoms with Crippen molar-refractivity contribution in [1.29, 1.82) is 0 Å². The number of pyridine rings is 1. The van der Waals surface area contributed by atoms with Crippen LogP contribution in [0.4, 0.5) is 0 Å². The Kier molecular flexibility index (Phi) is 3.84. The lowest BCUT2D eigenvalue weighted by atomic mass is 9.84. The van der Waals surface area contributed by atoms with E-state index in [0.717, 1.165) is 30.7 Å². The highest BCUT2D eigenvalue weighted by Gasteiger charge is 2.52. The Labute approximate surface area is 127 Å². The van der Waals surface area contributed by atoms with Crippen LogP contribution in [0.3, 0.4) is 0 Å². The van der Waals surface area contributed by atoms with Crippen molar-refractivity contribution in [3.05, 3.63) is 23.9 Å². The molecule has 1 atom stereocenters. The normalized spacial score (nSPS) is 27.8. The lowest BCUT2D eigenvalue weighted by Gasteiger charge is -2.32. The van der Waals surface area contributed by atoms with Gasteiger partial charge < -0.3 is 14.0 Å². The van der Waals surface area contributed by atoms with Gasteiger partial charge >= 0.3 is 7.12 Å². The number of nitrogens with zero attached hydrogens (tertiary/aromatic N) is 1. The van der Waals surface area contributed by atoms with Crippen LogP contribution in [0.1, 0.15) is 58.8 Å². The lowest BCUT2D eigenvalue weighted by molar-refractivity contribution is 0.00578. The van der Waals surface area contributed by atoms with E-state index in [0.29, 0.717) is 0 Å². The first kappa shape index (κ1) is 15.0. The number of aromatic nitrogens is 1. The number of ether oxygens (including phenoxy) is 1. The second kappa shape index (κ2) is 5.38. The first-order chi connectivity index (χ1) is 9.89. The smallest absolute Gasteiger partial charge is 0.398 e. The first-order valence-corrected chi connectivity index (χ1v) is 7.83. The Morgan fingerprint density at radius 3 is 2.43 bits per heavy atom. The third-order valence-electron chi connectivity index (χ3n) is 4.80. The van der Waals surface area contributed by atoms with E-state index in [-0.39, 0.29) is 17.3 Å². The largest absolute Gasteiger partial charge is 0.514 e. The maximum Gasteiger partial charge on any atom is 0.514 e. The van der Waals surface area contributed by atoms with Crippen LogP contribution in [0.2, 0.25) is 0 Å². The van der Waals surface area contributed by atoms with Gasteiger partial charge in [0, 0.05) is 6.61 Å². The predicted molar refractivity (Wildman–Crippen MR) is 82.5 cm³/mol. The van der Waals surface area contributed by atoms with E-state index in [4.69, 9.17) is 19.0 Å². The van der Waals surface area contributed by atoms with Crippen LogP contribution in [-0.4, -0.2) is 29.9 Å². The van der Waals surface area contributed by atoms with Gasteiger partial charge in [0.2, 0.25) is 0 Å². The summed E-state index contributed by atoms with van der Waals surface area (Å²) in [5.41, 5.74) is 1.15. The van der Waals surface area contributed by atoms with Gasteiger partial charge in [-0.15, -0.1) is 0 Å². The third-order valence-corrected chi connectivity index (χ3v) is 4.80. The molecule has 4 nitrogen and oxygen atoms in total. The molecule has 0 bridgehead atoms. The molecule has 2 aliphatic heterocycles. The van der Waals surface area contributed by atoms with E-state index >= 15 is 0 Å². The predicted octanol–water partition coefficient (Wildman–Crippen LogP) is 2.62. The zero-order chi connectivity index (χ0) is 15.1. The molecular weight excluding hydrogens is 265 g/mol. The van der Waals surface area contributed by atoms with Crippen LogP contribution in [0.15, 0.2) is 18.2 Å². The summed E-state index contributed by atoms with van der Waals surface area (Å²) in [6.45, 7) is 9.05. The summed E-state index contributed by atoms with van der Waals surface area (Å²) in [7, 11) is -0.404. The van der Waals surface area contributed by atoms with Crippen molar-refractivity contribution < 1.29 is 14.0 Å². The van der Waals surface area contributed by atoms with Crippen LogP contribution in [0.25, 0.3) is 0 Å². The van der Waals surface area contributed by atoms with Crippen LogP contribution >= 0.6 is 0 Å². The monoisotopic (exact) mass is 289 g/mol. The van der Waals surface area contributed by atoms with E-state index < -0.39 is 7.12 Å².